The van der Waals surface area contributed by atoms with Gasteiger partial charge in [-0.2, -0.15) is 18.3 Å². The van der Waals surface area contributed by atoms with Crippen molar-refractivity contribution >= 4 is 17.2 Å². The number of hydrogen-bond acceptors (Lipinski definition) is 5. The molecule has 4 rings (SSSR count). The van der Waals surface area contributed by atoms with Crippen molar-refractivity contribution in [3.63, 3.8) is 0 Å². The molecule has 3 aromatic rings. The Labute approximate surface area is 181 Å². The lowest BCUT2D eigenvalue weighted by atomic mass is 10.0. The normalized spacial score (nSPS) is 13.8. The van der Waals surface area contributed by atoms with Gasteiger partial charge in [-0.15, -0.1) is 11.3 Å². The molecule has 3 aromatic heterocycles. The van der Waals surface area contributed by atoms with Crippen molar-refractivity contribution in [1.82, 2.24) is 25.1 Å². The van der Waals surface area contributed by atoms with Crippen molar-refractivity contribution in [3.05, 3.63) is 56.9 Å². The fraction of sp³-hybridized carbons (Fsp3) is 0.429. The minimum absolute atomic E-state index is 0.220. The molecule has 0 unspecified atom stereocenters. The maximum absolute atomic E-state index is 12.7. The average molecular weight is 450 g/mol. The summed E-state index contributed by atoms with van der Waals surface area (Å²) in [6.45, 7) is 2.19. The molecular weight excluding hydrogens is 427 g/mol. The standard InChI is InChI=1S/C21H22F3N5OS/c1-13-15(12-27-29(13)18-9-8-14(11-26-18)21(22,23)24)20(30)25-10-4-7-19-28-16-5-2-3-6-17(16)31-19/h8-9,11-12H,2-7,10H2,1H3,(H,25,30). The molecule has 3 heterocycles. The van der Waals surface area contributed by atoms with Crippen LogP contribution in [0.1, 0.15) is 56.5 Å². The summed E-state index contributed by atoms with van der Waals surface area (Å²) in [7, 11) is 0. The molecule has 6 nitrogen and oxygen atoms in total. The molecule has 0 aromatic carbocycles. The molecule has 0 aliphatic heterocycles. The Hall–Kier alpha value is -2.75. The maximum atomic E-state index is 12.7. The second-order valence-electron chi connectivity index (χ2n) is 7.50. The molecule has 0 saturated heterocycles. The summed E-state index contributed by atoms with van der Waals surface area (Å²) in [5.74, 6) is -0.0496. The molecule has 10 heteroatoms. The van der Waals surface area contributed by atoms with E-state index in [4.69, 9.17) is 4.98 Å². The monoisotopic (exact) mass is 449 g/mol. The van der Waals surface area contributed by atoms with Crippen LogP contribution in [0.25, 0.3) is 5.82 Å². The van der Waals surface area contributed by atoms with Gasteiger partial charge in [0.15, 0.2) is 5.82 Å². The summed E-state index contributed by atoms with van der Waals surface area (Å²) in [5, 5.41) is 8.12. The summed E-state index contributed by atoms with van der Waals surface area (Å²) in [6.07, 6.45) is 3.96. The molecule has 0 bridgehead atoms. The van der Waals surface area contributed by atoms with Crippen LogP contribution in [0.2, 0.25) is 0 Å². The lowest BCUT2D eigenvalue weighted by Crippen LogP contribution is -2.25. The molecule has 1 N–H and O–H groups in total. The van der Waals surface area contributed by atoms with E-state index in [2.05, 4.69) is 15.4 Å². The minimum atomic E-state index is -4.45. The highest BCUT2D eigenvalue weighted by Crippen LogP contribution is 2.29. The van der Waals surface area contributed by atoms with E-state index in [0.29, 0.717) is 17.8 Å². The third kappa shape index (κ3) is 4.79. The number of alkyl halides is 3. The van der Waals surface area contributed by atoms with Crippen molar-refractivity contribution in [2.24, 2.45) is 0 Å². The van der Waals surface area contributed by atoms with Gasteiger partial charge in [0.05, 0.1) is 33.7 Å². The fourth-order valence-electron chi connectivity index (χ4n) is 3.59. The van der Waals surface area contributed by atoms with Gasteiger partial charge in [0.25, 0.3) is 5.91 Å². The number of hydrogen-bond donors (Lipinski definition) is 1. The maximum Gasteiger partial charge on any atom is 0.417 e. The van der Waals surface area contributed by atoms with E-state index in [1.165, 1.54) is 40.4 Å². The van der Waals surface area contributed by atoms with Crippen LogP contribution >= 0.6 is 11.3 Å². The van der Waals surface area contributed by atoms with Gasteiger partial charge < -0.3 is 5.32 Å². The zero-order chi connectivity index (χ0) is 22.0. The molecule has 0 saturated carbocycles. The summed E-state index contributed by atoms with van der Waals surface area (Å²) < 4.78 is 39.5. The highest BCUT2D eigenvalue weighted by molar-refractivity contribution is 7.11. The van der Waals surface area contributed by atoms with Gasteiger partial charge in [-0.05, 0) is 51.2 Å². The van der Waals surface area contributed by atoms with Crippen LogP contribution < -0.4 is 5.32 Å². The van der Waals surface area contributed by atoms with E-state index >= 15 is 0 Å². The second kappa shape index (κ2) is 8.78. The van der Waals surface area contributed by atoms with Gasteiger partial charge in [0, 0.05) is 24.0 Å². The van der Waals surface area contributed by atoms with Gasteiger partial charge in [-0.25, -0.2) is 14.6 Å². The number of nitrogens with one attached hydrogen (secondary N) is 1. The van der Waals surface area contributed by atoms with Crippen molar-refractivity contribution in [2.75, 3.05) is 6.54 Å². The van der Waals surface area contributed by atoms with Crippen LogP contribution in [0.3, 0.4) is 0 Å². The Morgan fingerprint density at radius 3 is 2.74 bits per heavy atom. The Balaban J connectivity index is 1.33. The van der Waals surface area contributed by atoms with Crippen molar-refractivity contribution in [3.8, 4) is 5.82 Å². The number of thiazole rings is 1. The topological polar surface area (TPSA) is 72.7 Å². The zero-order valence-corrected chi connectivity index (χ0v) is 17.8. The molecule has 0 spiro atoms. The molecule has 1 aliphatic rings. The number of halogens is 3. The number of rotatable bonds is 6. The number of pyridine rings is 1. The first-order valence-corrected chi connectivity index (χ1v) is 11.0. The minimum Gasteiger partial charge on any atom is -0.352 e. The Morgan fingerprint density at radius 1 is 1.23 bits per heavy atom. The Morgan fingerprint density at radius 2 is 2.03 bits per heavy atom. The number of fused-ring (bicyclic) bond motifs is 1. The quantitative estimate of drug-likeness (QED) is 0.570. The predicted octanol–water partition coefficient (Wildman–Crippen LogP) is 4.29. The van der Waals surface area contributed by atoms with Gasteiger partial charge in [0.2, 0.25) is 0 Å². The first kappa shape index (κ1) is 21.5. The molecule has 0 fully saturated rings. The number of amides is 1. The van der Waals surface area contributed by atoms with Crippen molar-refractivity contribution in [2.45, 2.75) is 51.6 Å². The summed E-state index contributed by atoms with van der Waals surface area (Å²) in [6, 6.07) is 2.18. The molecule has 31 heavy (non-hydrogen) atoms. The number of aromatic nitrogens is 4. The lowest BCUT2D eigenvalue weighted by Gasteiger charge is -2.08. The second-order valence-corrected chi connectivity index (χ2v) is 8.67. The molecular formula is C21H22F3N5OS. The van der Waals surface area contributed by atoms with Crippen LogP contribution in [0.4, 0.5) is 13.2 Å². The van der Waals surface area contributed by atoms with E-state index < -0.39 is 11.7 Å². The van der Waals surface area contributed by atoms with Crippen LogP contribution in [0, 0.1) is 6.92 Å². The number of nitrogens with zero attached hydrogens (tertiary/aromatic N) is 4. The summed E-state index contributed by atoms with van der Waals surface area (Å²) in [5.41, 5.74) is 1.29. The fourth-order valence-corrected chi connectivity index (χ4v) is 4.79. The van der Waals surface area contributed by atoms with Crippen LogP contribution in [0.5, 0.6) is 0 Å². The summed E-state index contributed by atoms with van der Waals surface area (Å²) >= 11 is 1.78. The molecule has 164 valence electrons. The molecule has 1 aliphatic carbocycles. The van der Waals surface area contributed by atoms with E-state index in [9.17, 15) is 18.0 Å². The van der Waals surface area contributed by atoms with Crippen LogP contribution in [0.15, 0.2) is 24.5 Å². The molecule has 1 amide bonds. The molecule has 0 radical (unpaired) electrons. The first-order chi connectivity index (χ1) is 14.8. The largest absolute Gasteiger partial charge is 0.417 e. The zero-order valence-electron chi connectivity index (χ0n) is 17.0. The molecule has 0 atom stereocenters. The van der Waals surface area contributed by atoms with Crippen molar-refractivity contribution in [1.29, 1.82) is 0 Å². The van der Waals surface area contributed by atoms with Gasteiger partial charge >= 0.3 is 6.18 Å². The Kier molecular flexibility index (Phi) is 6.08. The third-order valence-electron chi connectivity index (χ3n) is 5.29. The van der Waals surface area contributed by atoms with Gasteiger partial charge in [-0.1, -0.05) is 0 Å². The number of carbonyl (C=O) groups is 1. The van der Waals surface area contributed by atoms with E-state index in [0.717, 1.165) is 43.0 Å². The highest BCUT2D eigenvalue weighted by atomic mass is 32.1. The lowest BCUT2D eigenvalue weighted by molar-refractivity contribution is -0.137. The summed E-state index contributed by atoms with van der Waals surface area (Å²) in [4.78, 5) is 22.5. The van der Waals surface area contributed by atoms with E-state index in [-0.39, 0.29) is 11.7 Å². The van der Waals surface area contributed by atoms with Crippen molar-refractivity contribution < 1.29 is 18.0 Å². The van der Waals surface area contributed by atoms with E-state index in [1.807, 2.05) is 0 Å². The van der Waals surface area contributed by atoms with Crippen LogP contribution in [-0.2, 0) is 25.4 Å². The first-order valence-electron chi connectivity index (χ1n) is 10.2. The number of carbonyl (C=O) groups excluding carboxylic acids is 1. The average Bonchev–Trinajstić information content (AvgIpc) is 3.33. The third-order valence-corrected chi connectivity index (χ3v) is 6.51. The van der Waals surface area contributed by atoms with Gasteiger partial charge in [-0.3, -0.25) is 4.79 Å². The van der Waals surface area contributed by atoms with Crippen LogP contribution in [-0.4, -0.2) is 32.2 Å². The smallest absolute Gasteiger partial charge is 0.352 e. The van der Waals surface area contributed by atoms with Gasteiger partial charge in [0.1, 0.15) is 0 Å². The Bertz CT molecular complexity index is 1050. The highest BCUT2D eigenvalue weighted by Gasteiger charge is 2.30. The van der Waals surface area contributed by atoms with E-state index in [1.54, 1.807) is 18.3 Å². The SMILES string of the molecule is Cc1c(C(=O)NCCCc2nc3c(s2)CCCC3)cnn1-c1ccc(C(F)(F)F)cn1. The number of aryl methyl sites for hydroxylation is 3. The predicted molar refractivity (Wildman–Crippen MR) is 111 cm³/mol.